The first kappa shape index (κ1) is 9.50. The first-order chi connectivity index (χ1) is 6.77. The maximum Gasteiger partial charge on any atom is 0.0486 e. The summed E-state index contributed by atoms with van der Waals surface area (Å²) in [6.07, 6.45) is 3.33. The SMILES string of the molecule is Clc1ccc(Cl)c(-c2c[c]cnc2)c1. The molecule has 0 aliphatic carbocycles. The van der Waals surface area contributed by atoms with E-state index in [0.29, 0.717) is 10.0 Å². The number of halogens is 2. The standard InChI is InChI=1S/C11H6Cl2N/c12-9-3-4-11(13)10(6-9)8-2-1-5-14-7-8/h2-7H. The highest BCUT2D eigenvalue weighted by molar-refractivity contribution is 6.35. The summed E-state index contributed by atoms with van der Waals surface area (Å²) < 4.78 is 0. The van der Waals surface area contributed by atoms with E-state index in [1.807, 2.05) is 12.1 Å². The van der Waals surface area contributed by atoms with Gasteiger partial charge >= 0.3 is 0 Å². The second-order valence-electron chi connectivity index (χ2n) is 2.80. The molecule has 1 aromatic heterocycles. The van der Waals surface area contributed by atoms with Gasteiger partial charge in [0.15, 0.2) is 0 Å². The van der Waals surface area contributed by atoms with Crippen molar-refractivity contribution in [1.29, 1.82) is 0 Å². The fourth-order valence-corrected chi connectivity index (χ4v) is 1.59. The summed E-state index contributed by atoms with van der Waals surface area (Å²) in [7, 11) is 0. The molecule has 1 nitrogen and oxygen atoms in total. The fourth-order valence-electron chi connectivity index (χ4n) is 1.19. The third-order valence-electron chi connectivity index (χ3n) is 1.84. The average molecular weight is 223 g/mol. The Labute approximate surface area is 92.3 Å². The number of benzene rings is 1. The lowest BCUT2D eigenvalue weighted by Crippen LogP contribution is -1.80. The van der Waals surface area contributed by atoms with E-state index in [9.17, 15) is 0 Å². The molecule has 69 valence electrons. The lowest BCUT2D eigenvalue weighted by molar-refractivity contribution is 1.32. The normalized spacial score (nSPS) is 10.1. The van der Waals surface area contributed by atoms with Crippen molar-refractivity contribution in [1.82, 2.24) is 4.98 Å². The molecule has 0 spiro atoms. The molecule has 0 fully saturated rings. The summed E-state index contributed by atoms with van der Waals surface area (Å²) in [5.74, 6) is 0. The Hall–Kier alpha value is -1.05. The molecule has 3 heteroatoms. The van der Waals surface area contributed by atoms with Crippen molar-refractivity contribution in [3.05, 3.63) is 52.8 Å². The zero-order valence-electron chi connectivity index (χ0n) is 7.17. The van der Waals surface area contributed by atoms with Crippen molar-refractivity contribution in [3.8, 4) is 11.1 Å². The van der Waals surface area contributed by atoms with Crippen LogP contribution >= 0.6 is 23.2 Å². The summed E-state index contributed by atoms with van der Waals surface area (Å²) in [6, 6.07) is 10.1. The van der Waals surface area contributed by atoms with Gasteiger partial charge < -0.3 is 0 Å². The highest BCUT2D eigenvalue weighted by Crippen LogP contribution is 2.29. The lowest BCUT2D eigenvalue weighted by atomic mass is 10.1. The number of pyridine rings is 1. The molecule has 2 aromatic rings. The Kier molecular flexibility index (Phi) is 2.71. The van der Waals surface area contributed by atoms with Gasteiger partial charge in [-0.2, -0.15) is 0 Å². The molecule has 0 amide bonds. The van der Waals surface area contributed by atoms with Crippen LogP contribution in [0.2, 0.25) is 10.0 Å². The van der Waals surface area contributed by atoms with Crippen molar-refractivity contribution in [2.45, 2.75) is 0 Å². The van der Waals surface area contributed by atoms with E-state index in [2.05, 4.69) is 11.1 Å². The topological polar surface area (TPSA) is 12.9 Å². The molecular weight excluding hydrogens is 217 g/mol. The molecule has 14 heavy (non-hydrogen) atoms. The molecule has 0 bridgehead atoms. The molecule has 0 saturated heterocycles. The molecule has 0 aliphatic heterocycles. The van der Waals surface area contributed by atoms with E-state index < -0.39 is 0 Å². The van der Waals surface area contributed by atoms with Crippen molar-refractivity contribution in [2.75, 3.05) is 0 Å². The van der Waals surface area contributed by atoms with Crippen LogP contribution in [0.1, 0.15) is 0 Å². The van der Waals surface area contributed by atoms with Crippen LogP contribution in [-0.2, 0) is 0 Å². The minimum atomic E-state index is 0.660. The summed E-state index contributed by atoms with van der Waals surface area (Å²) in [6.45, 7) is 0. The average Bonchev–Trinajstić information content (AvgIpc) is 2.23. The van der Waals surface area contributed by atoms with Crippen LogP contribution < -0.4 is 0 Å². The number of aromatic nitrogens is 1. The zero-order valence-corrected chi connectivity index (χ0v) is 8.68. The Morgan fingerprint density at radius 2 is 2.07 bits per heavy atom. The fraction of sp³-hybridized carbons (Fsp3) is 0. The molecule has 1 radical (unpaired) electrons. The predicted molar refractivity (Wildman–Crippen MR) is 58.5 cm³/mol. The summed E-state index contributed by atoms with van der Waals surface area (Å²) in [4.78, 5) is 3.97. The van der Waals surface area contributed by atoms with Gasteiger partial charge in [0.25, 0.3) is 0 Å². The number of hydrogen-bond donors (Lipinski definition) is 0. The summed E-state index contributed by atoms with van der Waals surface area (Å²) in [5, 5.41) is 1.32. The van der Waals surface area contributed by atoms with E-state index in [1.165, 1.54) is 0 Å². The Balaban J connectivity index is 2.57. The van der Waals surface area contributed by atoms with Gasteiger partial charge in [-0.3, -0.25) is 4.98 Å². The lowest BCUT2D eigenvalue weighted by Gasteiger charge is -2.03. The van der Waals surface area contributed by atoms with Gasteiger partial charge in [-0.25, -0.2) is 0 Å². The van der Waals surface area contributed by atoms with Gasteiger partial charge in [0.05, 0.1) is 0 Å². The van der Waals surface area contributed by atoms with Crippen molar-refractivity contribution in [3.63, 3.8) is 0 Å². The molecule has 0 saturated carbocycles. The highest BCUT2D eigenvalue weighted by atomic mass is 35.5. The van der Waals surface area contributed by atoms with E-state index in [0.717, 1.165) is 11.1 Å². The minimum Gasteiger partial charge on any atom is -0.263 e. The molecule has 0 N–H and O–H groups in total. The van der Waals surface area contributed by atoms with E-state index >= 15 is 0 Å². The number of rotatable bonds is 1. The molecular formula is C11H6Cl2N. The van der Waals surface area contributed by atoms with Gasteiger partial charge in [0.2, 0.25) is 0 Å². The van der Waals surface area contributed by atoms with Gasteiger partial charge in [-0.05, 0) is 24.3 Å². The van der Waals surface area contributed by atoms with Crippen LogP contribution in [0, 0.1) is 6.07 Å². The summed E-state index contributed by atoms with van der Waals surface area (Å²) >= 11 is 11.9. The second-order valence-corrected chi connectivity index (χ2v) is 3.64. The Morgan fingerprint density at radius 3 is 2.79 bits per heavy atom. The van der Waals surface area contributed by atoms with Crippen molar-refractivity contribution >= 4 is 23.2 Å². The zero-order chi connectivity index (χ0) is 9.97. The van der Waals surface area contributed by atoms with Crippen LogP contribution in [-0.4, -0.2) is 4.98 Å². The van der Waals surface area contributed by atoms with Gasteiger partial charge in [-0.15, -0.1) is 0 Å². The smallest absolute Gasteiger partial charge is 0.0486 e. The van der Waals surface area contributed by atoms with Crippen molar-refractivity contribution < 1.29 is 0 Å². The van der Waals surface area contributed by atoms with E-state index in [-0.39, 0.29) is 0 Å². The Bertz CT molecular complexity index is 440. The van der Waals surface area contributed by atoms with Crippen LogP contribution in [0.5, 0.6) is 0 Å². The molecule has 0 unspecified atom stereocenters. The second kappa shape index (κ2) is 3.99. The largest absolute Gasteiger partial charge is 0.263 e. The molecule has 0 atom stereocenters. The predicted octanol–water partition coefficient (Wildman–Crippen LogP) is 3.86. The monoisotopic (exact) mass is 222 g/mol. The van der Waals surface area contributed by atoms with Gasteiger partial charge in [0, 0.05) is 39.6 Å². The first-order valence-electron chi connectivity index (χ1n) is 4.04. The van der Waals surface area contributed by atoms with Gasteiger partial charge in [0.1, 0.15) is 0 Å². The third-order valence-corrected chi connectivity index (χ3v) is 2.41. The van der Waals surface area contributed by atoms with Crippen molar-refractivity contribution in [2.24, 2.45) is 0 Å². The summed E-state index contributed by atoms with van der Waals surface area (Å²) in [5.41, 5.74) is 1.79. The quantitative estimate of drug-likeness (QED) is 0.715. The van der Waals surface area contributed by atoms with E-state index in [1.54, 1.807) is 24.5 Å². The molecule has 2 rings (SSSR count). The number of nitrogens with zero attached hydrogens (tertiary/aromatic N) is 1. The molecule has 1 heterocycles. The molecule has 0 aliphatic rings. The molecule has 1 aromatic carbocycles. The van der Waals surface area contributed by atoms with Crippen LogP contribution in [0.4, 0.5) is 0 Å². The Morgan fingerprint density at radius 1 is 1.21 bits per heavy atom. The van der Waals surface area contributed by atoms with Crippen LogP contribution in [0.25, 0.3) is 11.1 Å². The maximum atomic E-state index is 6.03. The van der Waals surface area contributed by atoms with Gasteiger partial charge in [-0.1, -0.05) is 23.2 Å². The third kappa shape index (κ3) is 1.89. The van der Waals surface area contributed by atoms with Crippen LogP contribution in [0.3, 0.4) is 0 Å². The van der Waals surface area contributed by atoms with Crippen LogP contribution in [0.15, 0.2) is 36.7 Å². The first-order valence-corrected chi connectivity index (χ1v) is 4.79. The van der Waals surface area contributed by atoms with E-state index in [4.69, 9.17) is 23.2 Å². The minimum absolute atomic E-state index is 0.660. The number of hydrogen-bond acceptors (Lipinski definition) is 1. The highest BCUT2D eigenvalue weighted by Gasteiger charge is 2.03. The maximum absolute atomic E-state index is 6.03.